The molecule has 0 bridgehead atoms. The third kappa shape index (κ3) is 3.26. The quantitative estimate of drug-likeness (QED) is 0.743. The van der Waals surface area contributed by atoms with Gasteiger partial charge in [-0.1, -0.05) is 18.2 Å². The lowest BCUT2D eigenvalue weighted by Crippen LogP contribution is -2.50. The van der Waals surface area contributed by atoms with Crippen LogP contribution in [-0.4, -0.2) is 37.8 Å². The summed E-state index contributed by atoms with van der Waals surface area (Å²) in [7, 11) is 2.37. The van der Waals surface area contributed by atoms with Crippen LogP contribution >= 0.6 is 0 Å². The molecule has 0 aliphatic carbocycles. The SMILES string of the molecule is Cc1cccc(C)c1OCC[N+]1(C)CCCCC1. The Morgan fingerprint density at radius 3 is 2.28 bits per heavy atom. The van der Waals surface area contributed by atoms with E-state index in [4.69, 9.17) is 4.74 Å². The number of aryl methyl sites for hydroxylation is 2. The molecule has 2 rings (SSSR count). The second-order valence-corrected chi connectivity index (χ2v) is 5.92. The van der Waals surface area contributed by atoms with E-state index >= 15 is 0 Å². The highest BCUT2D eigenvalue weighted by molar-refractivity contribution is 5.39. The number of benzene rings is 1. The Kier molecular flexibility index (Phi) is 4.28. The van der Waals surface area contributed by atoms with Crippen molar-refractivity contribution in [3.8, 4) is 5.75 Å². The van der Waals surface area contributed by atoms with Crippen molar-refractivity contribution in [2.24, 2.45) is 0 Å². The minimum atomic E-state index is 0.836. The number of hydrogen-bond donors (Lipinski definition) is 0. The van der Waals surface area contributed by atoms with E-state index in [0.717, 1.165) is 18.9 Å². The van der Waals surface area contributed by atoms with Crippen molar-refractivity contribution >= 4 is 0 Å². The average Bonchev–Trinajstić information content (AvgIpc) is 2.34. The molecule has 1 saturated heterocycles. The van der Waals surface area contributed by atoms with E-state index in [2.05, 4.69) is 39.1 Å². The molecule has 1 aromatic carbocycles. The lowest BCUT2D eigenvalue weighted by atomic mass is 10.1. The molecule has 0 saturated carbocycles. The largest absolute Gasteiger partial charge is 0.487 e. The van der Waals surface area contributed by atoms with Gasteiger partial charge in [0.25, 0.3) is 0 Å². The molecule has 0 spiro atoms. The maximum atomic E-state index is 6.02. The molecule has 2 nitrogen and oxygen atoms in total. The number of para-hydroxylation sites is 1. The summed E-state index contributed by atoms with van der Waals surface area (Å²) in [6.45, 7) is 8.85. The first-order chi connectivity index (χ1) is 8.61. The second-order valence-electron chi connectivity index (χ2n) is 5.92. The van der Waals surface area contributed by atoms with Gasteiger partial charge in [-0.2, -0.15) is 0 Å². The molecular weight excluding hydrogens is 222 g/mol. The zero-order valence-corrected chi connectivity index (χ0v) is 12.0. The van der Waals surface area contributed by atoms with Crippen LogP contribution in [0.25, 0.3) is 0 Å². The van der Waals surface area contributed by atoms with Crippen LogP contribution in [0.1, 0.15) is 30.4 Å². The molecule has 2 heteroatoms. The molecule has 0 aromatic heterocycles. The first kappa shape index (κ1) is 13.4. The molecule has 1 aliphatic heterocycles. The topological polar surface area (TPSA) is 9.23 Å². The summed E-state index contributed by atoms with van der Waals surface area (Å²) in [6.07, 6.45) is 4.16. The number of likely N-dealkylation sites (N-methyl/N-ethyl adjacent to an activating group) is 1. The standard InChI is InChI=1S/C16H26NO/c1-14-8-7-9-15(2)16(14)18-13-12-17(3)10-5-4-6-11-17/h7-9H,4-6,10-13H2,1-3H3/q+1. The highest BCUT2D eigenvalue weighted by Gasteiger charge is 2.24. The molecule has 1 fully saturated rings. The van der Waals surface area contributed by atoms with Crippen LogP contribution in [0.15, 0.2) is 18.2 Å². The van der Waals surface area contributed by atoms with Gasteiger partial charge in [-0.25, -0.2) is 0 Å². The van der Waals surface area contributed by atoms with Crippen LogP contribution in [0.4, 0.5) is 0 Å². The van der Waals surface area contributed by atoms with Gasteiger partial charge in [-0.05, 0) is 44.2 Å². The smallest absolute Gasteiger partial charge is 0.137 e. The summed E-state index contributed by atoms with van der Waals surface area (Å²) < 4.78 is 7.21. The van der Waals surface area contributed by atoms with Crippen LogP contribution in [0, 0.1) is 13.8 Å². The summed E-state index contributed by atoms with van der Waals surface area (Å²) >= 11 is 0. The van der Waals surface area contributed by atoms with Crippen molar-refractivity contribution in [1.29, 1.82) is 0 Å². The third-order valence-electron chi connectivity index (χ3n) is 4.18. The predicted molar refractivity (Wildman–Crippen MR) is 76.0 cm³/mol. The van der Waals surface area contributed by atoms with E-state index < -0.39 is 0 Å². The van der Waals surface area contributed by atoms with E-state index in [9.17, 15) is 0 Å². The van der Waals surface area contributed by atoms with Gasteiger partial charge < -0.3 is 9.22 Å². The van der Waals surface area contributed by atoms with E-state index in [1.54, 1.807) is 0 Å². The molecule has 18 heavy (non-hydrogen) atoms. The van der Waals surface area contributed by atoms with Gasteiger partial charge in [0.05, 0.1) is 20.1 Å². The van der Waals surface area contributed by atoms with Crippen molar-refractivity contribution < 1.29 is 9.22 Å². The lowest BCUT2D eigenvalue weighted by Gasteiger charge is -2.37. The van der Waals surface area contributed by atoms with Crippen LogP contribution in [0.2, 0.25) is 0 Å². The van der Waals surface area contributed by atoms with Gasteiger partial charge >= 0.3 is 0 Å². The maximum absolute atomic E-state index is 6.02. The summed E-state index contributed by atoms with van der Waals surface area (Å²) in [5, 5.41) is 0. The molecular formula is C16H26NO+. The Labute approximate surface area is 111 Å². The van der Waals surface area contributed by atoms with Crippen LogP contribution in [0.5, 0.6) is 5.75 Å². The Morgan fingerprint density at radius 1 is 1.06 bits per heavy atom. The first-order valence-corrected chi connectivity index (χ1v) is 7.13. The number of ether oxygens (including phenoxy) is 1. The van der Waals surface area contributed by atoms with Crippen molar-refractivity contribution in [2.75, 3.05) is 33.3 Å². The molecule has 1 aliphatic rings. The zero-order valence-electron chi connectivity index (χ0n) is 12.0. The summed E-state index contributed by atoms with van der Waals surface area (Å²) in [6, 6.07) is 6.34. The minimum Gasteiger partial charge on any atom is -0.487 e. The van der Waals surface area contributed by atoms with Gasteiger partial charge in [0.15, 0.2) is 0 Å². The van der Waals surface area contributed by atoms with Gasteiger partial charge in [-0.3, -0.25) is 0 Å². The molecule has 0 atom stereocenters. The highest BCUT2D eigenvalue weighted by Crippen LogP contribution is 2.23. The Morgan fingerprint density at radius 2 is 1.67 bits per heavy atom. The summed E-state index contributed by atoms with van der Waals surface area (Å²) in [5.41, 5.74) is 2.49. The van der Waals surface area contributed by atoms with Crippen LogP contribution in [-0.2, 0) is 0 Å². The molecule has 0 radical (unpaired) electrons. The van der Waals surface area contributed by atoms with Gasteiger partial charge in [0.2, 0.25) is 0 Å². The van der Waals surface area contributed by atoms with Gasteiger partial charge in [-0.15, -0.1) is 0 Å². The third-order valence-corrected chi connectivity index (χ3v) is 4.18. The first-order valence-electron chi connectivity index (χ1n) is 7.13. The Balaban J connectivity index is 1.88. The predicted octanol–water partition coefficient (Wildman–Crippen LogP) is 3.31. The van der Waals surface area contributed by atoms with E-state index in [1.807, 2.05) is 0 Å². The Bertz CT molecular complexity index is 374. The van der Waals surface area contributed by atoms with Gasteiger partial charge in [0.1, 0.15) is 18.9 Å². The molecule has 0 N–H and O–H groups in total. The molecule has 1 heterocycles. The lowest BCUT2D eigenvalue weighted by molar-refractivity contribution is -0.914. The van der Waals surface area contributed by atoms with Crippen molar-refractivity contribution in [3.63, 3.8) is 0 Å². The number of quaternary nitrogens is 1. The van der Waals surface area contributed by atoms with Crippen LogP contribution < -0.4 is 4.74 Å². The van der Waals surface area contributed by atoms with E-state index in [1.165, 1.54) is 48.0 Å². The number of piperidine rings is 1. The summed E-state index contributed by atoms with van der Waals surface area (Å²) in [4.78, 5) is 0. The fourth-order valence-corrected chi connectivity index (χ4v) is 2.89. The fourth-order valence-electron chi connectivity index (χ4n) is 2.89. The average molecular weight is 248 g/mol. The highest BCUT2D eigenvalue weighted by atomic mass is 16.5. The number of likely N-dealkylation sites (tertiary alicyclic amines) is 1. The second kappa shape index (κ2) is 5.75. The van der Waals surface area contributed by atoms with E-state index in [0.29, 0.717) is 0 Å². The van der Waals surface area contributed by atoms with Crippen molar-refractivity contribution in [1.82, 2.24) is 0 Å². The maximum Gasteiger partial charge on any atom is 0.137 e. The van der Waals surface area contributed by atoms with Gasteiger partial charge in [0, 0.05) is 0 Å². The molecule has 0 amide bonds. The fraction of sp³-hybridized carbons (Fsp3) is 0.625. The number of rotatable bonds is 4. The monoisotopic (exact) mass is 248 g/mol. The normalized spacial score (nSPS) is 18.6. The molecule has 0 unspecified atom stereocenters. The minimum absolute atomic E-state index is 0.836. The van der Waals surface area contributed by atoms with Crippen molar-refractivity contribution in [2.45, 2.75) is 33.1 Å². The number of nitrogens with zero attached hydrogens (tertiary/aromatic N) is 1. The molecule has 100 valence electrons. The van der Waals surface area contributed by atoms with Crippen LogP contribution in [0.3, 0.4) is 0 Å². The van der Waals surface area contributed by atoms with Crippen molar-refractivity contribution in [3.05, 3.63) is 29.3 Å². The zero-order chi connectivity index (χ0) is 13.0. The van der Waals surface area contributed by atoms with E-state index in [-0.39, 0.29) is 0 Å². The summed E-state index contributed by atoms with van der Waals surface area (Å²) in [5.74, 6) is 1.08. The number of hydrogen-bond acceptors (Lipinski definition) is 1. The molecule has 1 aromatic rings. The Hall–Kier alpha value is -1.02.